The number of aromatic nitrogens is 2. The standard InChI is InChI=1S/C18H22N2O2/c1-11(18(21)22)9-13-7-8-15-16(10-13)19-20-17(15)12(2)14-5-3-4-6-14/h7-10,12,14H,3-6H2,1-2H3,(H,19,20)(H,21,22)/b11-9+. The summed E-state index contributed by atoms with van der Waals surface area (Å²) in [5.41, 5.74) is 3.33. The zero-order valence-corrected chi connectivity index (χ0v) is 13.1. The molecule has 0 aliphatic heterocycles. The Morgan fingerprint density at radius 1 is 1.41 bits per heavy atom. The molecule has 1 unspecified atom stereocenters. The van der Waals surface area contributed by atoms with Gasteiger partial charge >= 0.3 is 5.97 Å². The third kappa shape index (κ3) is 2.78. The van der Waals surface area contributed by atoms with Crippen LogP contribution in [-0.4, -0.2) is 21.3 Å². The van der Waals surface area contributed by atoms with Gasteiger partial charge in [0.05, 0.1) is 5.52 Å². The van der Waals surface area contributed by atoms with Crippen molar-refractivity contribution in [2.24, 2.45) is 5.92 Å². The molecule has 4 nitrogen and oxygen atoms in total. The smallest absolute Gasteiger partial charge is 0.331 e. The summed E-state index contributed by atoms with van der Waals surface area (Å²) in [6.07, 6.45) is 6.96. The normalized spacial score (nSPS) is 18.0. The molecule has 1 fully saturated rings. The number of nitrogens with one attached hydrogen (secondary N) is 1. The Morgan fingerprint density at radius 2 is 2.14 bits per heavy atom. The van der Waals surface area contributed by atoms with Gasteiger partial charge in [-0.15, -0.1) is 0 Å². The number of rotatable bonds is 4. The molecule has 3 rings (SSSR count). The lowest BCUT2D eigenvalue weighted by Gasteiger charge is -2.17. The molecular formula is C18H22N2O2. The summed E-state index contributed by atoms with van der Waals surface area (Å²) in [5.74, 6) is 0.352. The van der Waals surface area contributed by atoms with Crippen molar-refractivity contribution in [1.29, 1.82) is 0 Å². The minimum Gasteiger partial charge on any atom is -0.478 e. The van der Waals surface area contributed by atoms with E-state index in [9.17, 15) is 4.79 Å². The van der Waals surface area contributed by atoms with Crippen LogP contribution < -0.4 is 0 Å². The van der Waals surface area contributed by atoms with Crippen LogP contribution >= 0.6 is 0 Å². The topological polar surface area (TPSA) is 66.0 Å². The molecule has 1 aliphatic rings. The molecule has 1 heterocycles. The second-order valence-corrected chi connectivity index (χ2v) is 6.38. The summed E-state index contributed by atoms with van der Waals surface area (Å²) in [5, 5.41) is 17.8. The molecule has 116 valence electrons. The van der Waals surface area contributed by atoms with E-state index in [4.69, 9.17) is 5.11 Å². The molecule has 2 N–H and O–H groups in total. The van der Waals surface area contributed by atoms with Crippen molar-refractivity contribution in [2.75, 3.05) is 0 Å². The van der Waals surface area contributed by atoms with E-state index in [1.54, 1.807) is 13.0 Å². The number of nitrogens with zero attached hydrogens (tertiary/aromatic N) is 1. The number of aliphatic carboxylic acids is 1. The minimum absolute atomic E-state index is 0.328. The lowest BCUT2D eigenvalue weighted by Crippen LogP contribution is -2.06. The van der Waals surface area contributed by atoms with Gasteiger partial charge in [-0.3, -0.25) is 5.10 Å². The molecule has 1 aliphatic carbocycles. The van der Waals surface area contributed by atoms with Crippen molar-refractivity contribution < 1.29 is 9.90 Å². The van der Waals surface area contributed by atoms with Crippen LogP contribution in [0.3, 0.4) is 0 Å². The van der Waals surface area contributed by atoms with Crippen LogP contribution in [0.15, 0.2) is 23.8 Å². The van der Waals surface area contributed by atoms with Crippen molar-refractivity contribution in [1.82, 2.24) is 10.2 Å². The first-order chi connectivity index (χ1) is 10.6. The predicted octanol–water partition coefficient (Wildman–Crippen LogP) is 4.34. The lowest BCUT2D eigenvalue weighted by molar-refractivity contribution is -0.132. The highest BCUT2D eigenvalue weighted by Crippen LogP contribution is 2.38. The van der Waals surface area contributed by atoms with Crippen LogP contribution in [0.25, 0.3) is 17.0 Å². The van der Waals surface area contributed by atoms with Crippen molar-refractivity contribution in [3.05, 3.63) is 35.0 Å². The number of carboxylic acids is 1. The van der Waals surface area contributed by atoms with E-state index in [2.05, 4.69) is 23.2 Å². The van der Waals surface area contributed by atoms with Crippen LogP contribution in [0.5, 0.6) is 0 Å². The maximum atomic E-state index is 10.9. The number of hydrogen-bond acceptors (Lipinski definition) is 2. The number of carboxylic acid groups (broad SMARTS) is 1. The molecule has 2 aromatic rings. The van der Waals surface area contributed by atoms with Crippen LogP contribution in [0.2, 0.25) is 0 Å². The number of hydrogen-bond donors (Lipinski definition) is 2. The molecular weight excluding hydrogens is 276 g/mol. The molecule has 0 amide bonds. The Kier molecular flexibility index (Phi) is 4.01. The van der Waals surface area contributed by atoms with E-state index in [1.165, 1.54) is 31.4 Å². The highest BCUT2D eigenvalue weighted by Gasteiger charge is 2.25. The molecule has 0 radical (unpaired) electrons. The number of fused-ring (bicyclic) bond motifs is 1. The molecule has 22 heavy (non-hydrogen) atoms. The predicted molar refractivity (Wildman–Crippen MR) is 87.8 cm³/mol. The fourth-order valence-corrected chi connectivity index (χ4v) is 3.49. The van der Waals surface area contributed by atoms with E-state index < -0.39 is 5.97 Å². The number of carbonyl (C=O) groups is 1. The van der Waals surface area contributed by atoms with E-state index in [0.29, 0.717) is 11.5 Å². The van der Waals surface area contributed by atoms with Gasteiger partial charge in [0, 0.05) is 22.6 Å². The molecule has 1 saturated carbocycles. The second kappa shape index (κ2) is 5.95. The van der Waals surface area contributed by atoms with Gasteiger partial charge in [-0.1, -0.05) is 31.9 Å². The van der Waals surface area contributed by atoms with Crippen LogP contribution in [0.1, 0.15) is 56.7 Å². The summed E-state index contributed by atoms with van der Waals surface area (Å²) >= 11 is 0. The zero-order valence-electron chi connectivity index (χ0n) is 13.1. The Labute approximate surface area is 130 Å². The lowest BCUT2D eigenvalue weighted by atomic mass is 9.88. The Morgan fingerprint density at radius 3 is 2.82 bits per heavy atom. The van der Waals surface area contributed by atoms with Gasteiger partial charge in [0.15, 0.2) is 0 Å². The third-order valence-corrected chi connectivity index (χ3v) is 4.89. The maximum Gasteiger partial charge on any atom is 0.331 e. The van der Waals surface area contributed by atoms with Crippen molar-refractivity contribution in [3.63, 3.8) is 0 Å². The summed E-state index contributed by atoms with van der Waals surface area (Å²) < 4.78 is 0. The first kappa shape index (κ1) is 14.8. The molecule has 0 saturated heterocycles. The Balaban J connectivity index is 1.92. The summed E-state index contributed by atoms with van der Waals surface area (Å²) in [4.78, 5) is 10.9. The number of H-pyrrole nitrogens is 1. The zero-order chi connectivity index (χ0) is 15.7. The fourth-order valence-electron chi connectivity index (χ4n) is 3.49. The molecule has 1 atom stereocenters. The molecule has 1 aromatic heterocycles. The van der Waals surface area contributed by atoms with Gasteiger partial charge in [0.2, 0.25) is 0 Å². The quantitative estimate of drug-likeness (QED) is 0.825. The van der Waals surface area contributed by atoms with Gasteiger partial charge < -0.3 is 5.11 Å². The monoisotopic (exact) mass is 298 g/mol. The fraction of sp³-hybridized carbons (Fsp3) is 0.444. The largest absolute Gasteiger partial charge is 0.478 e. The summed E-state index contributed by atoms with van der Waals surface area (Å²) in [7, 11) is 0. The van der Waals surface area contributed by atoms with Crippen molar-refractivity contribution in [2.45, 2.75) is 45.4 Å². The average Bonchev–Trinajstić information content (AvgIpc) is 3.15. The Hall–Kier alpha value is -2.10. The highest BCUT2D eigenvalue weighted by atomic mass is 16.4. The van der Waals surface area contributed by atoms with Gasteiger partial charge in [-0.25, -0.2) is 4.79 Å². The van der Waals surface area contributed by atoms with Gasteiger partial charge in [-0.2, -0.15) is 5.10 Å². The van der Waals surface area contributed by atoms with Crippen LogP contribution in [0, 0.1) is 5.92 Å². The van der Waals surface area contributed by atoms with Crippen molar-refractivity contribution in [3.8, 4) is 0 Å². The third-order valence-electron chi connectivity index (χ3n) is 4.89. The Bertz CT molecular complexity index is 724. The second-order valence-electron chi connectivity index (χ2n) is 6.38. The maximum absolute atomic E-state index is 10.9. The molecule has 0 bridgehead atoms. The van der Waals surface area contributed by atoms with E-state index in [0.717, 1.165) is 22.4 Å². The van der Waals surface area contributed by atoms with E-state index in [-0.39, 0.29) is 0 Å². The number of benzene rings is 1. The molecule has 0 spiro atoms. The van der Waals surface area contributed by atoms with Gasteiger partial charge in [0.1, 0.15) is 0 Å². The van der Waals surface area contributed by atoms with Gasteiger partial charge in [-0.05, 0) is 43.4 Å². The van der Waals surface area contributed by atoms with E-state index >= 15 is 0 Å². The molecule has 1 aromatic carbocycles. The average molecular weight is 298 g/mol. The van der Waals surface area contributed by atoms with Gasteiger partial charge in [0.25, 0.3) is 0 Å². The molecule has 4 heteroatoms. The van der Waals surface area contributed by atoms with Crippen molar-refractivity contribution >= 4 is 22.9 Å². The summed E-state index contributed by atoms with van der Waals surface area (Å²) in [6, 6.07) is 5.97. The van der Waals surface area contributed by atoms with E-state index in [1.807, 2.05) is 12.1 Å². The summed E-state index contributed by atoms with van der Waals surface area (Å²) in [6.45, 7) is 3.88. The first-order valence-corrected chi connectivity index (χ1v) is 7.96. The first-order valence-electron chi connectivity index (χ1n) is 7.96. The number of aromatic amines is 1. The van der Waals surface area contributed by atoms with Crippen LogP contribution in [0.4, 0.5) is 0 Å². The van der Waals surface area contributed by atoms with Crippen LogP contribution in [-0.2, 0) is 4.79 Å². The minimum atomic E-state index is -0.891. The highest BCUT2D eigenvalue weighted by molar-refractivity contribution is 5.92. The SMILES string of the molecule is C/C(=C\c1ccc2c(C(C)C3CCCC3)[nH]nc2c1)C(=O)O.